The summed E-state index contributed by atoms with van der Waals surface area (Å²) in [6.07, 6.45) is -9.33. The van der Waals surface area contributed by atoms with E-state index < -0.39 is 60.4 Å². The zero-order valence-electron chi connectivity index (χ0n) is 24.4. The quantitative estimate of drug-likeness (QED) is 0.0581. The van der Waals surface area contributed by atoms with Crippen LogP contribution in [0.3, 0.4) is 0 Å². The number of ketones is 1. The van der Waals surface area contributed by atoms with Gasteiger partial charge in [0.15, 0.2) is 0 Å². The number of amides is 1. The first-order chi connectivity index (χ1) is 22.5. The summed E-state index contributed by atoms with van der Waals surface area (Å²) in [5.41, 5.74) is 7.70. The van der Waals surface area contributed by atoms with Crippen molar-refractivity contribution >= 4 is 52.4 Å². The number of H-pyrrole nitrogens is 1. The summed E-state index contributed by atoms with van der Waals surface area (Å²) in [7, 11) is 0. The van der Waals surface area contributed by atoms with Crippen LogP contribution in [-0.4, -0.2) is 96.8 Å². The van der Waals surface area contributed by atoms with Crippen LogP contribution in [0.15, 0.2) is 42.7 Å². The molecule has 0 spiro atoms. The fourth-order valence-corrected chi connectivity index (χ4v) is 3.28. The standard InChI is InChI=1S/C23H23N5O7.2C2HF3O2/c24-21(25)13-2-1-12(8-18(29)23(33)34)19(9-13)35-10-15(4-6-20(30)31)28-22(32)14-3-5-16-17(7-14)27-11-26-16;2*3-2(4,5)1(6)7/h1-3,5,7,9,11,15H,4,6,8,10H2,(H3,24,25)(H,26,27)(H,28,32)(H,30,31)(H,33,34);2*(H,6,7)/t15-;;/m1../s1. The van der Waals surface area contributed by atoms with Crippen LogP contribution < -0.4 is 15.8 Å². The van der Waals surface area contributed by atoms with E-state index in [0.29, 0.717) is 11.1 Å². The number of nitrogens with zero attached hydrogens (tertiary/aromatic N) is 1. The summed E-state index contributed by atoms with van der Waals surface area (Å²) < 4.78 is 69.2. The number of halogens is 6. The van der Waals surface area contributed by atoms with Crippen molar-refractivity contribution in [1.29, 1.82) is 5.41 Å². The molecule has 266 valence electrons. The lowest BCUT2D eigenvalue weighted by atomic mass is 10.0. The lowest BCUT2D eigenvalue weighted by molar-refractivity contribution is -0.193. The highest BCUT2D eigenvalue weighted by Gasteiger charge is 2.38. The van der Waals surface area contributed by atoms with Crippen LogP contribution in [0.25, 0.3) is 11.0 Å². The van der Waals surface area contributed by atoms with Crippen molar-refractivity contribution in [3.05, 3.63) is 59.4 Å². The number of benzene rings is 2. The van der Waals surface area contributed by atoms with E-state index in [1.165, 1.54) is 24.5 Å². The number of carboxylic acid groups (broad SMARTS) is 4. The number of hydrogen-bond acceptors (Lipinski definition) is 9. The van der Waals surface area contributed by atoms with E-state index in [4.69, 9.17) is 45.9 Å². The Hall–Kier alpha value is -6.22. The Kier molecular flexibility index (Phi) is 14.7. The molecule has 3 rings (SSSR count). The molecule has 0 bridgehead atoms. The summed E-state index contributed by atoms with van der Waals surface area (Å²) in [6, 6.07) is 8.40. The number of hydrogen-bond donors (Lipinski definition) is 8. The predicted octanol–water partition coefficient (Wildman–Crippen LogP) is 2.35. The summed E-state index contributed by atoms with van der Waals surface area (Å²) >= 11 is 0. The van der Waals surface area contributed by atoms with Crippen LogP contribution in [-0.2, 0) is 30.4 Å². The van der Waals surface area contributed by atoms with Gasteiger partial charge in [-0.15, -0.1) is 0 Å². The molecule has 49 heavy (non-hydrogen) atoms. The fourth-order valence-electron chi connectivity index (χ4n) is 3.28. The first kappa shape index (κ1) is 40.8. The largest absolute Gasteiger partial charge is 0.491 e. The number of carbonyl (C=O) groups excluding carboxylic acids is 2. The number of nitrogens with one attached hydrogen (secondary N) is 3. The maximum absolute atomic E-state index is 12.8. The minimum atomic E-state index is -5.08. The highest BCUT2D eigenvalue weighted by atomic mass is 19.4. The molecule has 0 fully saturated rings. The molecule has 0 radical (unpaired) electrons. The van der Waals surface area contributed by atoms with Crippen LogP contribution in [0.5, 0.6) is 5.75 Å². The lowest BCUT2D eigenvalue weighted by Gasteiger charge is -2.20. The highest BCUT2D eigenvalue weighted by molar-refractivity contribution is 6.33. The van der Waals surface area contributed by atoms with Crippen molar-refractivity contribution < 1.29 is 80.3 Å². The molecule has 1 aromatic heterocycles. The SMILES string of the molecule is N=C(N)c1ccc(CC(=O)C(=O)O)c(OC[C@@H](CCC(=O)O)NC(=O)c2ccc3[nH]cnc3c2)c1.O=C(O)C(F)(F)F.O=C(O)C(F)(F)F. The minimum absolute atomic E-state index is 0.0432. The summed E-state index contributed by atoms with van der Waals surface area (Å²) in [5.74, 6) is -9.88. The Morgan fingerprint density at radius 1 is 0.898 bits per heavy atom. The Bertz CT molecular complexity index is 1680. The van der Waals surface area contributed by atoms with Crippen molar-refractivity contribution in [2.24, 2.45) is 5.73 Å². The van der Waals surface area contributed by atoms with Crippen LogP contribution in [0, 0.1) is 5.41 Å². The smallest absolute Gasteiger partial charge is 0.490 e. The number of nitrogens with two attached hydrogens (primary N) is 1. The normalized spacial score (nSPS) is 11.5. The zero-order valence-corrected chi connectivity index (χ0v) is 24.4. The van der Waals surface area contributed by atoms with Gasteiger partial charge in [-0.25, -0.2) is 19.4 Å². The van der Waals surface area contributed by atoms with Gasteiger partial charge in [0.2, 0.25) is 5.78 Å². The second-order valence-corrected chi connectivity index (χ2v) is 9.30. The van der Waals surface area contributed by atoms with Crippen molar-refractivity contribution in [3.8, 4) is 5.75 Å². The van der Waals surface area contributed by atoms with E-state index in [1.807, 2.05) is 0 Å². The number of rotatable bonds is 12. The van der Waals surface area contributed by atoms with Crippen LogP contribution in [0.2, 0.25) is 0 Å². The van der Waals surface area contributed by atoms with Crippen LogP contribution >= 0.6 is 0 Å². The Morgan fingerprint density at radius 3 is 1.94 bits per heavy atom. The van der Waals surface area contributed by atoms with Crippen molar-refractivity contribution in [2.45, 2.75) is 37.7 Å². The number of aromatic amines is 1. The first-order valence-corrected chi connectivity index (χ1v) is 12.9. The number of nitrogen functional groups attached to an aromatic ring is 1. The van der Waals surface area contributed by atoms with Crippen LogP contribution in [0.4, 0.5) is 26.3 Å². The number of alkyl halides is 6. The molecule has 16 nitrogen and oxygen atoms in total. The average molecular weight is 710 g/mol. The number of carboxylic acids is 4. The van der Waals surface area contributed by atoms with Gasteiger partial charge < -0.3 is 41.2 Å². The molecule has 22 heteroatoms. The molecular weight excluding hydrogens is 684 g/mol. The summed E-state index contributed by atoms with van der Waals surface area (Å²) in [4.78, 5) is 71.4. The third-order valence-corrected chi connectivity index (χ3v) is 5.62. The van der Waals surface area contributed by atoms with Gasteiger partial charge in [0.05, 0.1) is 23.4 Å². The van der Waals surface area contributed by atoms with E-state index in [-0.39, 0.29) is 42.2 Å². The summed E-state index contributed by atoms with van der Waals surface area (Å²) in [5, 5.41) is 42.6. The molecule has 0 saturated carbocycles. The number of ether oxygens (including phenoxy) is 1. The fraction of sp³-hybridized carbons (Fsp3) is 0.259. The third kappa shape index (κ3) is 14.4. The van der Waals surface area contributed by atoms with E-state index in [2.05, 4.69) is 15.3 Å². The topological polar surface area (TPSA) is 283 Å². The number of Topliss-reactive ketones (excluding diaryl/α,β-unsaturated/α-hetero) is 1. The monoisotopic (exact) mass is 709 g/mol. The van der Waals surface area contributed by atoms with Gasteiger partial charge >= 0.3 is 36.2 Å². The summed E-state index contributed by atoms with van der Waals surface area (Å²) in [6.45, 7) is -0.181. The molecule has 3 aromatic rings. The van der Waals surface area contributed by atoms with Crippen molar-refractivity contribution in [3.63, 3.8) is 0 Å². The number of imidazole rings is 1. The zero-order chi connectivity index (χ0) is 37.7. The lowest BCUT2D eigenvalue weighted by Crippen LogP contribution is -2.39. The van der Waals surface area contributed by atoms with Gasteiger partial charge in [-0.1, -0.05) is 12.1 Å². The molecule has 1 amide bonds. The Labute approximate surface area is 269 Å². The maximum atomic E-state index is 12.8. The predicted molar refractivity (Wildman–Crippen MR) is 151 cm³/mol. The molecule has 0 saturated heterocycles. The van der Waals surface area contributed by atoms with Crippen LogP contribution in [0.1, 0.15) is 34.3 Å². The first-order valence-electron chi connectivity index (χ1n) is 12.9. The molecule has 1 heterocycles. The Balaban J connectivity index is 0.000000717. The van der Waals surface area contributed by atoms with Gasteiger partial charge in [0.25, 0.3) is 5.91 Å². The highest BCUT2D eigenvalue weighted by Crippen LogP contribution is 2.23. The number of aromatic nitrogens is 2. The average Bonchev–Trinajstić information content (AvgIpc) is 3.46. The van der Waals surface area contributed by atoms with E-state index in [9.17, 15) is 45.5 Å². The van der Waals surface area contributed by atoms with E-state index in [1.54, 1.807) is 18.2 Å². The molecule has 0 aliphatic carbocycles. The number of amidine groups is 1. The van der Waals surface area contributed by atoms with E-state index >= 15 is 0 Å². The number of aliphatic carboxylic acids is 4. The minimum Gasteiger partial charge on any atom is -0.491 e. The molecule has 0 aliphatic rings. The molecule has 0 unspecified atom stereocenters. The van der Waals surface area contributed by atoms with Gasteiger partial charge in [-0.3, -0.25) is 19.8 Å². The molecule has 0 aliphatic heterocycles. The Morgan fingerprint density at radius 2 is 1.45 bits per heavy atom. The van der Waals surface area contributed by atoms with E-state index in [0.717, 1.165) is 5.52 Å². The maximum Gasteiger partial charge on any atom is 0.490 e. The second kappa shape index (κ2) is 17.6. The van der Waals surface area contributed by atoms with Gasteiger partial charge in [-0.05, 0) is 30.7 Å². The molecular formula is C27H25F6N5O11. The van der Waals surface area contributed by atoms with Gasteiger partial charge in [0.1, 0.15) is 18.2 Å². The van der Waals surface area contributed by atoms with Crippen molar-refractivity contribution in [2.75, 3.05) is 6.61 Å². The second-order valence-electron chi connectivity index (χ2n) is 9.30. The molecule has 9 N–H and O–H groups in total. The molecule has 1 atom stereocenters. The number of fused-ring (bicyclic) bond motifs is 1. The van der Waals surface area contributed by atoms with Gasteiger partial charge in [-0.2, -0.15) is 26.3 Å². The number of carbonyl (C=O) groups is 6. The molecule has 2 aromatic carbocycles. The third-order valence-electron chi connectivity index (χ3n) is 5.62. The van der Waals surface area contributed by atoms with Crippen molar-refractivity contribution in [1.82, 2.24) is 15.3 Å². The van der Waals surface area contributed by atoms with Gasteiger partial charge in [0, 0.05) is 29.5 Å².